The van der Waals surface area contributed by atoms with Crippen LogP contribution >= 0.6 is 11.3 Å². The Morgan fingerprint density at radius 3 is 3.12 bits per heavy atom. The molecule has 8 heteroatoms. The normalized spacial score (nSPS) is 18.6. The number of hydrogen-bond donors (Lipinski definition) is 0. The van der Waals surface area contributed by atoms with Crippen molar-refractivity contribution in [3.05, 3.63) is 40.5 Å². The van der Waals surface area contributed by atoms with Gasteiger partial charge in [-0.05, 0) is 34.4 Å². The fourth-order valence-corrected chi connectivity index (χ4v) is 4.50. The third-order valence-electron chi connectivity index (χ3n) is 4.79. The van der Waals surface area contributed by atoms with E-state index in [4.69, 9.17) is 9.47 Å². The average molecular weight is 373 g/mol. The summed E-state index contributed by atoms with van der Waals surface area (Å²) in [6.07, 6.45) is -0.110. The number of aryl methyl sites for hydroxylation is 1. The first-order valence-electron chi connectivity index (χ1n) is 8.82. The summed E-state index contributed by atoms with van der Waals surface area (Å²) in [6, 6.07) is 8.64. The van der Waals surface area contributed by atoms with Crippen LogP contribution in [0.25, 0.3) is 10.1 Å². The number of tetrazole rings is 1. The standard InChI is InChI=1S/C18H23N5O2S/c1-13-15(14-5-3-4-6-17(14)26-13)11-22-7-10-25-16(12-22)18-19-20-21-23(18)8-9-24-2/h3-6,16H,7-12H2,1-2H3. The minimum atomic E-state index is -0.110. The molecule has 1 unspecified atom stereocenters. The minimum Gasteiger partial charge on any atom is -0.383 e. The van der Waals surface area contributed by atoms with Crippen LogP contribution in [0.4, 0.5) is 0 Å². The molecule has 0 spiro atoms. The predicted molar refractivity (Wildman–Crippen MR) is 100 cm³/mol. The first-order chi connectivity index (χ1) is 12.8. The summed E-state index contributed by atoms with van der Waals surface area (Å²) < 4.78 is 14.2. The highest BCUT2D eigenvalue weighted by molar-refractivity contribution is 7.19. The van der Waals surface area contributed by atoms with Gasteiger partial charge in [-0.1, -0.05) is 18.2 Å². The lowest BCUT2D eigenvalue weighted by molar-refractivity contribution is -0.0395. The summed E-state index contributed by atoms with van der Waals surface area (Å²) in [5.74, 6) is 0.777. The van der Waals surface area contributed by atoms with Crippen LogP contribution in [0.1, 0.15) is 22.4 Å². The predicted octanol–water partition coefficient (Wildman–Crippen LogP) is 2.42. The van der Waals surface area contributed by atoms with Crippen molar-refractivity contribution in [2.45, 2.75) is 26.1 Å². The van der Waals surface area contributed by atoms with Gasteiger partial charge < -0.3 is 9.47 Å². The van der Waals surface area contributed by atoms with Crippen molar-refractivity contribution in [2.24, 2.45) is 0 Å². The number of fused-ring (bicyclic) bond motifs is 1. The van der Waals surface area contributed by atoms with Gasteiger partial charge in [0.2, 0.25) is 0 Å². The maximum Gasteiger partial charge on any atom is 0.181 e. The maximum absolute atomic E-state index is 5.97. The molecular formula is C18H23N5O2S. The highest BCUT2D eigenvalue weighted by Crippen LogP contribution is 2.32. The Balaban J connectivity index is 1.50. The molecule has 0 bridgehead atoms. The molecule has 1 aromatic carbocycles. The molecule has 26 heavy (non-hydrogen) atoms. The molecule has 0 saturated carbocycles. The van der Waals surface area contributed by atoms with Crippen LogP contribution in [0.3, 0.4) is 0 Å². The van der Waals surface area contributed by atoms with Crippen LogP contribution in [0.5, 0.6) is 0 Å². The Bertz CT molecular complexity index is 877. The Kier molecular flexibility index (Phi) is 5.26. The van der Waals surface area contributed by atoms with Crippen molar-refractivity contribution in [1.82, 2.24) is 25.1 Å². The summed E-state index contributed by atoms with van der Waals surface area (Å²) in [7, 11) is 1.68. The van der Waals surface area contributed by atoms with E-state index >= 15 is 0 Å². The molecule has 0 N–H and O–H groups in total. The number of rotatable bonds is 6. The van der Waals surface area contributed by atoms with E-state index in [1.54, 1.807) is 11.8 Å². The Morgan fingerprint density at radius 2 is 2.23 bits per heavy atom. The van der Waals surface area contributed by atoms with Crippen molar-refractivity contribution in [2.75, 3.05) is 33.4 Å². The molecule has 2 aromatic heterocycles. The van der Waals surface area contributed by atoms with E-state index in [0.29, 0.717) is 19.8 Å². The van der Waals surface area contributed by atoms with E-state index in [1.807, 2.05) is 11.3 Å². The lowest BCUT2D eigenvalue weighted by atomic mass is 10.1. The zero-order chi connectivity index (χ0) is 17.9. The zero-order valence-corrected chi connectivity index (χ0v) is 15.9. The van der Waals surface area contributed by atoms with Gasteiger partial charge in [0.05, 0.1) is 19.8 Å². The third kappa shape index (κ3) is 3.50. The third-order valence-corrected chi connectivity index (χ3v) is 5.92. The van der Waals surface area contributed by atoms with Crippen molar-refractivity contribution >= 4 is 21.4 Å². The first-order valence-corrected chi connectivity index (χ1v) is 9.64. The van der Waals surface area contributed by atoms with E-state index in [2.05, 4.69) is 51.6 Å². The Morgan fingerprint density at radius 1 is 1.35 bits per heavy atom. The smallest absolute Gasteiger partial charge is 0.181 e. The number of benzene rings is 1. The average Bonchev–Trinajstić information content (AvgIpc) is 3.25. The summed E-state index contributed by atoms with van der Waals surface area (Å²) >= 11 is 1.87. The number of morpholine rings is 1. The van der Waals surface area contributed by atoms with Gasteiger partial charge in [-0.25, -0.2) is 4.68 Å². The highest BCUT2D eigenvalue weighted by atomic mass is 32.1. The van der Waals surface area contributed by atoms with Crippen molar-refractivity contribution in [3.63, 3.8) is 0 Å². The molecule has 1 fully saturated rings. The van der Waals surface area contributed by atoms with Crippen LogP contribution in [0.2, 0.25) is 0 Å². The van der Waals surface area contributed by atoms with Crippen molar-refractivity contribution in [3.8, 4) is 0 Å². The van der Waals surface area contributed by atoms with Crippen molar-refractivity contribution < 1.29 is 9.47 Å². The molecule has 1 aliphatic rings. The monoisotopic (exact) mass is 373 g/mol. The molecule has 0 amide bonds. The molecular weight excluding hydrogens is 350 g/mol. The van der Waals surface area contributed by atoms with Crippen LogP contribution in [0.15, 0.2) is 24.3 Å². The molecule has 0 radical (unpaired) electrons. The van der Waals surface area contributed by atoms with E-state index in [-0.39, 0.29) is 6.10 Å². The maximum atomic E-state index is 5.97. The minimum absolute atomic E-state index is 0.110. The number of methoxy groups -OCH3 is 1. The number of nitrogens with zero attached hydrogens (tertiary/aromatic N) is 5. The van der Waals surface area contributed by atoms with E-state index in [1.165, 1.54) is 20.5 Å². The van der Waals surface area contributed by atoms with Gasteiger partial charge in [0, 0.05) is 36.3 Å². The van der Waals surface area contributed by atoms with Crippen molar-refractivity contribution in [1.29, 1.82) is 0 Å². The highest BCUT2D eigenvalue weighted by Gasteiger charge is 2.27. The molecule has 138 valence electrons. The molecule has 1 aliphatic heterocycles. The van der Waals surface area contributed by atoms with E-state index < -0.39 is 0 Å². The second-order valence-corrected chi connectivity index (χ2v) is 7.74. The van der Waals surface area contributed by atoms with Gasteiger partial charge in [0.1, 0.15) is 6.10 Å². The Hall–Kier alpha value is -1.87. The molecule has 0 aliphatic carbocycles. The second-order valence-electron chi connectivity index (χ2n) is 6.48. The van der Waals surface area contributed by atoms with Gasteiger partial charge in [-0.3, -0.25) is 4.90 Å². The molecule has 4 rings (SSSR count). The van der Waals surface area contributed by atoms with Gasteiger partial charge in [-0.2, -0.15) is 0 Å². The summed E-state index contributed by atoms with van der Waals surface area (Å²) in [4.78, 5) is 3.82. The number of ether oxygens (including phenoxy) is 2. The number of thiophene rings is 1. The summed E-state index contributed by atoms with van der Waals surface area (Å²) in [6.45, 7) is 6.74. The fourth-order valence-electron chi connectivity index (χ4n) is 3.42. The zero-order valence-electron chi connectivity index (χ0n) is 15.1. The van der Waals surface area contributed by atoms with Gasteiger partial charge >= 0.3 is 0 Å². The topological polar surface area (TPSA) is 65.3 Å². The summed E-state index contributed by atoms with van der Waals surface area (Å²) in [5, 5.41) is 13.4. The lowest BCUT2D eigenvalue weighted by Crippen LogP contribution is -2.39. The van der Waals surface area contributed by atoms with E-state index in [0.717, 1.165) is 25.5 Å². The van der Waals surface area contributed by atoms with E-state index in [9.17, 15) is 0 Å². The van der Waals surface area contributed by atoms with Crippen LogP contribution < -0.4 is 0 Å². The SMILES string of the molecule is COCCn1nnnc1C1CN(Cc2c(C)sc3ccccc23)CCO1. The molecule has 1 saturated heterocycles. The second kappa shape index (κ2) is 7.79. The van der Waals surface area contributed by atoms with Crippen LogP contribution in [-0.4, -0.2) is 58.5 Å². The lowest BCUT2D eigenvalue weighted by Gasteiger charge is -2.32. The quantitative estimate of drug-likeness (QED) is 0.661. The van der Waals surface area contributed by atoms with Crippen LogP contribution in [0, 0.1) is 6.92 Å². The largest absolute Gasteiger partial charge is 0.383 e. The first kappa shape index (κ1) is 17.5. The van der Waals surface area contributed by atoms with Gasteiger partial charge in [0.15, 0.2) is 5.82 Å². The molecule has 3 aromatic rings. The molecule has 3 heterocycles. The molecule has 1 atom stereocenters. The van der Waals surface area contributed by atoms with Crippen LogP contribution in [-0.2, 0) is 22.6 Å². The van der Waals surface area contributed by atoms with Gasteiger partial charge in [0.25, 0.3) is 0 Å². The Labute approximate surface area is 156 Å². The van der Waals surface area contributed by atoms with Gasteiger partial charge in [-0.15, -0.1) is 16.4 Å². The number of aromatic nitrogens is 4. The fraction of sp³-hybridized carbons (Fsp3) is 0.500. The number of hydrogen-bond acceptors (Lipinski definition) is 7. The summed E-state index contributed by atoms with van der Waals surface area (Å²) in [5.41, 5.74) is 1.42. The molecule has 7 nitrogen and oxygen atoms in total.